The molecule has 2 aromatic heterocycles. The van der Waals surface area contributed by atoms with Gasteiger partial charge in [0.25, 0.3) is 0 Å². The third-order valence-corrected chi connectivity index (χ3v) is 6.16. The largest absolute Gasteiger partial charge is 0.457 e. The molecule has 2 heterocycles. The zero-order valence-corrected chi connectivity index (χ0v) is 21.9. The Hall–Kier alpha value is -3.62. The number of halogens is 3. The summed E-state index contributed by atoms with van der Waals surface area (Å²) < 4.78 is 11.6. The predicted octanol–water partition coefficient (Wildman–Crippen LogP) is 8.24. The van der Waals surface area contributed by atoms with Crippen molar-refractivity contribution in [2.24, 2.45) is 0 Å². The lowest BCUT2D eigenvalue weighted by Gasteiger charge is -2.07. The van der Waals surface area contributed by atoms with E-state index in [4.69, 9.17) is 55.9 Å². The van der Waals surface area contributed by atoms with Gasteiger partial charge in [-0.1, -0.05) is 40.9 Å². The topological polar surface area (TPSA) is 80.3 Å². The number of rotatable bonds is 5. The summed E-state index contributed by atoms with van der Waals surface area (Å²) in [5, 5.41) is 7.29. The summed E-state index contributed by atoms with van der Waals surface area (Å²) in [6, 6.07) is 21.2. The summed E-state index contributed by atoms with van der Waals surface area (Å²) >= 11 is 23.5. The monoisotopic (exact) mass is 567 g/mol. The van der Waals surface area contributed by atoms with Gasteiger partial charge in [0, 0.05) is 32.9 Å². The lowest BCUT2D eigenvalue weighted by Crippen LogP contribution is -2.32. The number of anilines is 1. The van der Waals surface area contributed by atoms with Crippen molar-refractivity contribution in [3.05, 3.63) is 99.7 Å². The molecule has 5 rings (SSSR count). The molecule has 10 heteroatoms. The summed E-state index contributed by atoms with van der Waals surface area (Å²) in [4.78, 5) is 16.9. The van der Waals surface area contributed by atoms with E-state index in [-0.39, 0.29) is 5.11 Å². The van der Waals surface area contributed by atoms with E-state index in [1.54, 1.807) is 60.7 Å². The third kappa shape index (κ3) is 6.03. The van der Waals surface area contributed by atoms with Gasteiger partial charge in [0.05, 0.1) is 5.02 Å². The second kappa shape index (κ2) is 10.8. The Balaban J connectivity index is 1.21. The van der Waals surface area contributed by atoms with Gasteiger partial charge in [0.2, 0.25) is 11.8 Å². The molecule has 1 amide bonds. The highest BCUT2D eigenvalue weighted by Crippen LogP contribution is 2.32. The minimum absolute atomic E-state index is 0.126. The standard InChI is InChI=1S/C27H16Cl3N3O3S/c28-16-3-1-2-15(12-16)26-32-22-14-18(5-9-24(22)36-26)31-27(37)33-25(34)11-7-19-6-10-23(35-19)20-8-4-17(29)13-21(20)30/h1-14H,(H2,31,33,34,37)/b11-7+. The van der Waals surface area contributed by atoms with Crippen molar-refractivity contribution in [2.75, 3.05) is 5.32 Å². The number of hydrogen-bond acceptors (Lipinski definition) is 5. The molecule has 0 aliphatic carbocycles. The molecule has 3 aromatic carbocycles. The number of aromatic nitrogens is 1. The maximum absolute atomic E-state index is 12.3. The van der Waals surface area contributed by atoms with E-state index in [0.29, 0.717) is 54.8 Å². The van der Waals surface area contributed by atoms with Crippen LogP contribution in [0.2, 0.25) is 15.1 Å². The number of amides is 1. The normalized spacial score (nSPS) is 11.2. The number of fused-ring (bicyclic) bond motifs is 1. The van der Waals surface area contributed by atoms with Crippen molar-refractivity contribution in [1.82, 2.24) is 10.3 Å². The van der Waals surface area contributed by atoms with Gasteiger partial charge in [-0.2, -0.15) is 0 Å². The number of hydrogen-bond donors (Lipinski definition) is 2. The number of thiocarbonyl (C=S) groups is 1. The van der Waals surface area contributed by atoms with Crippen LogP contribution >= 0.6 is 47.0 Å². The summed E-state index contributed by atoms with van der Waals surface area (Å²) in [7, 11) is 0. The first-order chi connectivity index (χ1) is 17.8. The lowest BCUT2D eigenvalue weighted by molar-refractivity contribution is -0.115. The zero-order valence-electron chi connectivity index (χ0n) is 18.8. The van der Waals surface area contributed by atoms with Crippen LogP contribution in [-0.4, -0.2) is 16.0 Å². The third-order valence-electron chi connectivity index (χ3n) is 5.18. The van der Waals surface area contributed by atoms with Crippen LogP contribution in [0.15, 0.2) is 87.7 Å². The van der Waals surface area contributed by atoms with E-state index in [1.165, 1.54) is 12.2 Å². The van der Waals surface area contributed by atoms with E-state index >= 15 is 0 Å². The van der Waals surface area contributed by atoms with Gasteiger partial charge in [-0.15, -0.1) is 0 Å². The summed E-state index contributed by atoms with van der Waals surface area (Å²) in [5.74, 6) is 1.06. The van der Waals surface area contributed by atoms with Crippen molar-refractivity contribution in [3.63, 3.8) is 0 Å². The highest BCUT2D eigenvalue weighted by Gasteiger charge is 2.11. The molecule has 5 aromatic rings. The van der Waals surface area contributed by atoms with Gasteiger partial charge in [-0.05, 0) is 85.0 Å². The van der Waals surface area contributed by atoms with Crippen molar-refractivity contribution in [1.29, 1.82) is 0 Å². The molecular formula is C27H16Cl3N3O3S. The molecule has 184 valence electrons. The maximum atomic E-state index is 12.3. The molecule has 0 aliphatic heterocycles. The number of carbonyl (C=O) groups is 1. The van der Waals surface area contributed by atoms with Crippen LogP contribution in [0.4, 0.5) is 5.69 Å². The van der Waals surface area contributed by atoms with Crippen LogP contribution in [0.5, 0.6) is 0 Å². The molecule has 0 unspecified atom stereocenters. The molecule has 0 atom stereocenters. The molecule has 37 heavy (non-hydrogen) atoms. The first kappa shape index (κ1) is 25.0. The molecule has 0 bridgehead atoms. The molecule has 0 radical (unpaired) electrons. The number of furan rings is 1. The number of nitrogens with zero attached hydrogens (tertiary/aromatic N) is 1. The average molecular weight is 569 g/mol. The quantitative estimate of drug-likeness (QED) is 0.164. The second-order valence-electron chi connectivity index (χ2n) is 7.81. The number of benzene rings is 3. The zero-order chi connectivity index (χ0) is 25.9. The van der Waals surface area contributed by atoms with Crippen LogP contribution < -0.4 is 10.6 Å². The van der Waals surface area contributed by atoms with Gasteiger partial charge in [-0.3, -0.25) is 10.1 Å². The van der Waals surface area contributed by atoms with E-state index in [2.05, 4.69) is 15.6 Å². The van der Waals surface area contributed by atoms with Crippen molar-refractivity contribution >= 4 is 80.9 Å². The summed E-state index contributed by atoms with van der Waals surface area (Å²) in [5.41, 5.74) is 3.35. The first-order valence-electron chi connectivity index (χ1n) is 10.9. The Labute approximate surface area is 231 Å². The SMILES string of the molecule is O=C(/C=C/c1ccc(-c2ccc(Cl)cc2Cl)o1)NC(=S)Nc1ccc2oc(-c3cccc(Cl)c3)nc2c1. The van der Waals surface area contributed by atoms with Gasteiger partial charge < -0.3 is 14.2 Å². The summed E-state index contributed by atoms with van der Waals surface area (Å²) in [6.07, 6.45) is 2.85. The molecule has 0 spiro atoms. The Morgan fingerprint density at radius 2 is 1.76 bits per heavy atom. The van der Waals surface area contributed by atoms with Gasteiger partial charge in [-0.25, -0.2) is 4.98 Å². The van der Waals surface area contributed by atoms with Crippen molar-refractivity contribution < 1.29 is 13.6 Å². The van der Waals surface area contributed by atoms with Gasteiger partial charge in [0.15, 0.2) is 10.7 Å². The van der Waals surface area contributed by atoms with E-state index in [1.807, 2.05) is 12.1 Å². The Morgan fingerprint density at radius 3 is 2.57 bits per heavy atom. The average Bonchev–Trinajstić information content (AvgIpc) is 3.49. The molecular weight excluding hydrogens is 553 g/mol. The van der Waals surface area contributed by atoms with Crippen LogP contribution in [-0.2, 0) is 4.79 Å². The minimum Gasteiger partial charge on any atom is -0.457 e. The van der Waals surface area contributed by atoms with Crippen LogP contribution in [0.3, 0.4) is 0 Å². The summed E-state index contributed by atoms with van der Waals surface area (Å²) in [6.45, 7) is 0. The minimum atomic E-state index is -0.425. The van der Waals surface area contributed by atoms with E-state index in [0.717, 1.165) is 5.56 Å². The Kier molecular flexibility index (Phi) is 7.30. The first-order valence-corrected chi connectivity index (χ1v) is 12.4. The highest BCUT2D eigenvalue weighted by atomic mass is 35.5. The second-order valence-corrected chi connectivity index (χ2v) is 9.50. The van der Waals surface area contributed by atoms with Crippen LogP contribution in [0, 0.1) is 0 Å². The predicted molar refractivity (Wildman–Crippen MR) is 152 cm³/mol. The van der Waals surface area contributed by atoms with Crippen LogP contribution in [0.1, 0.15) is 5.76 Å². The van der Waals surface area contributed by atoms with Gasteiger partial charge >= 0.3 is 0 Å². The Bertz CT molecular complexity index is 1680. The highest BCUT2D eigenvalue weighted by molar-refractivity contribution is 7.80. The molecule has 0 saturated heterocycles. The molecule has 0 fully saturated rings. The molecule has 0 aliphatic rings. The number of nitrogens with one attached hydrogen (secondary N) is 2. The van der Waals surface area contributed by atoms with Crippen molar-refractivity contribution in [2.45, 2.75) is 0 Å². The number of carbonyl (C=O) groups excluding carboxylic acids is 1. The lowest BCUT2D eigenvalue weighted by atomic mass is 10.2. The van der Waals surface area contributed by atoms with Crippen molar-refractivity contribution in [3.8, 4) is 22.8 Å². The maximum Gasteiger partial charge on any atom is 0.250 e. The van der Waals surface area contributed by atoms with Gasteiger partial charge in [0.1, 0.15) is 17.0 Å². The molecule has 2 N–H and O–H groups in total. The van der Waals surface area contributed by atoms with Crippen LogP contribution in [0.25, 0.3) is 40.0 Å². The van der Waals surface area contributed by atoms with E-state index < -0.39 is 5.91 Å². The molecule has 0 saturated carbocycles. The fourth-order valence-corrected chi connectivity index (χ4v) is 4.41. The van der Waals surface area contributed by atoms with E-state index in [9.17, 15) is 4.79 Å². The fourth-order valence-electron chi connectivity index (χ4n) is 3.50. The fraction of sp³-hybridized carbons (Fsp3) is 0. The molecule has 6 nitrogen and oxygen atoms in total. The Morgan fingerprint density at radius 1 is 0.919 bits per heavy atom. The number of oxazole rings is 1. The smallest absolute Gasteiger partial charge is 0.250 e.